The smallest absolute Gasteiger partial charge is 0.233 e. The van der Waals surface area contributed by atoms with Gasteiger partial charge < -0.3 is 19.5 Å². The van der Waals surface area contributed by atoms with E-state index in [4.69, 9.17) is 14.2 Å². The monoisotopic (exact) mass is 354 g/mol. The molecule has 0 radical (unpaired) electrons. The summed E-state index contributed by atoms with van der Waals surface area (Å²) in [5, 5.41) is 2.83. The summed E-state index contributed by atoms with van der Waals surface area (Å²) in [6.07, 6.45) is 0. The summed E-state index contributed by atoms with van der Waals surface area (Å²) in [7, 11) is 3.21. The molecule has 0 saturated carbocycles. The highest BCUT2D eigenvalue weighted by molar-refractivity contribution is 8.00. The van der Waals surface area contributed by atoms with Gasteiger partial charge >= 0.3 is 0 Å². The van der Waals surface area contributed by atoms with Crippen molar-refractivity contribution in [3.05, 3.63) is 18.2 Å². The van der Waals surface area contributed by atoms with Crippen LogP contribution in [0, 0.1) is 0 Å². The Morgan fingerprint density at radius 1 is 1.29 bits per heavy atom. The maximum Gasteiger partial charge on any atom is 0.233 e. The first-order chi connectivity index (χ1) is 11.6. The molecule has 7 heteroatoms. The van der Waals surface area contributed by atoms with Crippen LogP contribution in [0.5, 0.6) is 11.5 Å². The molecule has 0 aromatic heterocycles. The van der Waals surface area contributed by atoms with Gasteiger partial charge in [0.1, 0.15) is 0 Å². The molecule has 2 rings (SSSR count). The Bertz CT molecular complexity index is 535. The highest BCUT2D eigenvalue weighted by Crippen LogP contribution is 2.33. The largest absolute Gasteiger partial charge is 0.493 e. The number of morpholine rings is 1. The highest BCUT2D eigenvalue weighted by atomic mass is 32.2. The fourth-order valence-electron chi connectivity index (χ4n) is 2.45. The van der Waals surface area contributed by atoms with Crippen LogP contribution in [0.4, 0.5) is 0 Å². The Labute approximate surface area is 147 Å². The standard InChI is InChI=1S/C17H26N2O4S/c1-13(17(20)18-6-7-19-8-10-23-11-9-19)24-14-4-5-15(21-2)16(12-14)22-3/h4-5,12-13H,6-11H2,1-3H3,(H,18,20). The first-order valence-corrected chi connectivity index (χ1v) is 8.98. The summed E-state index contributed by atoms with van der Waals surface area (Å²) < 4.78 is 15.8. The van der Waals surface area contributed by atoms with E-state index in [-0.39, 0.29) is 11.2 Å². The number of hydrogen-bond acceptors (Lipinski definition) is 6. The van der Waals surface area contributed by atoms with Crippen molar-refractivity contribution in [3.63, 3.8) is 0 Å². The fourth-order valence-corrected chi connectivity index (χ4v) is 3.37. The lowest BCUT2D eigenvalue weighted by atomic mass is 10.3. The average molecular weight is 354 g/mol. The van der Waals surface area contributed by atoms with Crippen LogP contribution < -0.4 is 14.8 Å². The van der Waals surface area contributed by atoms with Gasteiger partial charge in [0.2, 0.25) is 5.91 Å². The number of benzene rings is 1. The Hall–Kier alpha value is -1.44. The van der Waals surface area contributed by atoms with Gasteiger partial charge in [-0.05, 0) is 25.1 Å². The molecule has 24 heavy (non-hydrogen) atoms. The molecule has 1 fully saturated rings. The molecule has 1 aliphatic rings. The number of rotatable bonds is 8. The van der Waals surface area contributed by atoms with Crippen LogP contribution in [0.25, 0.3) is 0 Å². The van der Waals surface area contributed by atoms with E-state index in [1.165, 1.54) is 11.8 Å². The van der Waals surface area contributed by atoms with Crippen molar-refractivity contribution < 1.29 is 19.0 Å². The summed E-state index contributed by atoms with van der Waals surface area (Å²) >= 11 is 1.51. The minimum atomic E-state index is -0.173. The second kappa shape index (κ2) is 9.76. The first kappa shape index (κ1) is 18.9. The maximum atomic E-state index is 12.2. The van der Waals surface area contributed by atoms with Crippen LogP contribution in [-0.4, -0.2) is 69.7 Å². The molecule has 1 aromatic rings. The molecule has 1 heterocycles. The van der Waals surface area contributed by atoms with Crippen molar-refractivity contribution >= 4 is 17.7 Å². The second-order valence-corrected chi connectivity index (χ2v) is 6.94. The van der Waals surface area contributed by atoms with E-state index in [2.05, 4.69) is 10.2 Å². The van der Waals surface area contributed by atoms with Crippen molar-refractivity contribution in [1.29, 1.82) is 0 Å². The third-order valence-corrected chi connectivity index (χ3v) is 4.96. The molecule has 1 amide bonds. The van der Waals surface area contributed by atoms with Crippen LogP contribution in [0.1, 0.15) is 6.92 Å². The van der Waals surface area contributed by atoms with Gasteiger partial charge in [-0.1, -0.05) is 0 Å². The first-order valence-electron chi connectivity index (χ1n) is 8.10. The van der Waals surface area contributed by atoms with Crippen molar-refractivity contribution in [3.8, 4) is 11.5 Å². The van der Waals surface area contributed by atoms with Gasteiger partial charge in [0, 0.05) is 31.1 Å². The van der Waals surface area contributed by atoms with Crippen LogP contribution in [0.3, 0.4) is 0 Å². The second-order valence-electron chi connectivity index (χ2n) is 5.52. The lowest BCUT2D eigenvalue weighted by molar-refractivity contribution is -0.120. The number of amides is 1. The zero-order chi connectivity index (χ0) is 17.4. The molecule has 1 saturated heterocycles. The SMILES string of the molecule is COc1ccc(SC(C)C(=O)NCCN2CCOCC2)cc1OC. The van der Waals surface area contributed by atoms with Gasteiger partial charge in [0.15, 0.2) is 11.5 Å². The maximum absolute atomic E-state index is 12.2. The van der Waals surface area contributed by atoms with Gasteiger partial charge in [-0.25, -0.2) is 0 Å². The van der Waals surface area contributed by atoms with Gasteiger partial charge in [0.25, 0.3) is 0 Å². The van der Waals surface area contributed by atoms with Crippen LogP contribution >= 0.6 is 11.8 Å². The predicted octanol–water partition coefficient (Wildman–Crippen LogP) is 1.63. The summed E-state index contributed by atoms with van der Waals surface area (Å²) in [5.74, 6) is 1.40. The lowest BCUT2D eigenvalue weighted by Gasteiger charge is -2.26. The number of carbonyl (C=O) groups is 1. The Balaban J connectivity index is 1.78. The molecule has 1 N–H and O–H groups in total. The highest BCUT2D eigenvalue weighted by Gasteiger charge is 2.16. The van der Waals surface area contributed by atoms with Crippen LogP contribution in [0.2, 0.25) is 0 Å². The van der Waals surface area contributed by atoms with Gasteiger partial charge in [-0.3, -0.25) is 9.69 Å². The van der Waals surface area contributed by atoms with Crippen molar-refractivity contribution in [1.82, 2.24) is 10.2 Å². The van der Waals surface area contributed by atoms with E-state index >= 15 is 0 Å². The summed E-state index contributed by atoms with van der Waals surface area (Å²) in [6, 6.07) is 5.68. The number of nitrogens with one attached hydrogen (secondary N) is 1. The average Bonchev–Trinajstić information content (AvgIpc) is 2.62. The molecule has 1 unspecified atom stereocenters. The third kappa shape index (κ3) is 5.58. The Kier molecular flexibility index (Phi) is 7.68. The quantitative estimate of drug-likeness (QED) is 0.716. The van der Waals surface area contributed by atoms with E-state index in [1.807, 2.05) is 25.1 Å². The minimum absolute atomic E-state index is 0.0445. The number of ether oxygens (including phenoxy) is 3. The predicted molar refractivity (Wildman–Crippen MR) is 95.1 cm³/mol. The number of methoxy groups -OCH3 is 2. The van der Waals surface area contributed by atoms with Crippen LogP contribution in [0.15, 0.2) is 23.1 Å². The summed E-state index contributed by atoms with van der Waals surface area (Å²) in [5.41, 5.74) is 0. The van der Waals surface area contributed by atoms with E-state index in [9.17, 15) is 4.79 Å². The van der Waals surface area contributed by atoms with Crippen molar-refractivity contribution in [2.24, 2.45) is 0 Å². The van der Waals surface area contributed by atoms with Crippen LogP contribution in [-0.2, 0) is 9.53 Å². The minimum Gasteiger partial charge on any atom is -0.493 e. The number of thioether (sulfide) groups is 1. The summed E-state index contributed by atoms with van der Waals surface area (Å²) in [6.45, 7) is 6.86. The fraction of sp³-hybridized carbons (Fsp3) is 0.588. The van der Waals surface area contributed by atoms with E-state index < -0.39 is 0 Å². The molecule has 1 aliphatic heterocycles. The molecule has 0 spiro atoms. The molecule has 1 aromatic carbocycles. The van der Waals surface area contributed by atoms with E-state index in [0.717, 1.165) is 37.7 Å². The van der Waals surface area contributed by atoms with Gasteiger partial charge in [0.05, 0.1) is 32.7 Å². The van der Waals surface area contributed by atoms with E-state index in [0.29, 0.717) is 18.0 Å². The Morgan fingerprint density at radius 2 is 2.00 bits per heavy atom. The zero-order valence-corrected chi connectivity index (χ0v) is 15.4. The molecular formula is C17H26N2O4S. The van der Waals surface area contributed by atoms with Gasteiger partial charge in [-0.2, -0.15) is 0 Å². The zero-order valence-electron chi connectivity index (χ0n) is 14.5. The molecule has 0 bridgehead atoms. The molecule has 0 aliphatic carbocycles. The van der Waals surface area contributed by atoms with Gasteiger partial charge in [-0.15, -0.1) is 11.8 Å². The van der Waals surface area contributed by atoms with E-state index in [1.54, 1.807) is 14.2 Å². The Morgan fingerprint density at radius 3 is 2.67 bits per heavy atom. The number of carbonyl (C=O) groups excluding carboxylic acids is 1. The van der Waals surface area contributed by atoms with Crippen molar-refractivity contribution in [2.75, 3.05) is 53.6 Å². The topological polar surface area (TPSA) is 60.0 Å². The third-order valence-electron chi connectivity index (χ3n) is 3.87. The molecule has 6 nitrogen and oxygen atoms in total. The normalized spacial score (nSPS) is 16.5. The number of hydrogen-bond donors (Lipinski definition) is 1. The molecule has 1 atom stereocenters. The lowest BCUT2D eigenvalue weighted by Crippen LogP contribution is -2.42. The molecule has 134 valence electrons. The number of nitrogens with zero attached hydrogens (tertiary/aromatic N) is 1. The molecular weight excluding hydrogens is 328 g/mol. The van der Waals surface area contributed by atoms with Crippen molar-refractivity contribution in [2.45, 2.75) is 17.1 Å². The summed E-state index contributed by atoms with van der Waals surface area (Å²) in [4.78, 5) is 15.5.